The van der Waals surface area contributed by atoms with Crippen LogP contribution in [-0.2, 0) is 30.3 Å². The third kappa shape index (κ3) is 7.28. The first-order chi connectivity index (χ1) is 20.7. The number of cyclic esters (lactones) is 1. The topological polar surface area (TPSA) is 81.7 Å². The van der Waals surface area contributed by atoms with Crippen LogP contribution in [0, 0.1) is 6.92 Å². The van der Waals surface area contributed by atoms with Crippen LogP contribution in [0.4, 0.5) is 0 Å². The fourth-order valence-corrected chi connectivity index (χ4v) is 5.47. The number of fused-ring (bicyclic) bond motifs is 6. The van der Waals surface area contributed by atoms with E-state index in [0.29, 0.717) is 29.9 Å². The molecule has 0 aromatic heterocycles. The summed E-state index contributed by atoms with van der Waals surface area (Å²) in [5.41, 5.74) is 4.75. The fourth-order valence-electron chi connectivity index (χ4n) is 5.47. The molecule has 3 aromatic carbocycles. The number of methoxy groups -OCH3 is 2. The quantitative estimate of drug-likeness (QED) is 0.167. The second kappa shape index (κ2) is 13.3. The summed E-state index contributed by atoms with van der Waals surface area (Å²) in [5, 5.41) is 0. The first-order valence-corrected chi connectivity index (χ1v) is 14.5. The van der Waals surface area contributed by atoms with E-state index >= 15 is 0 Å². The molecule has 1 unspecified atom stereocenters. The minimum atomic E-state index is -0.836. The average Bonchev–Trinajstić information content (AvgIpc) is 3.32. The van der Waals surface area contributed by atoms with Gasteiger partial charge >= 0.3 is 5.97 Å². The summed E-state index contributed by atoms with van der Waals surface area (Å²) < 4.78 is 41.8. The summed E-state index contributed by atoms with van der Waals surface area (Å²) in [6.07, 6.45) is 2.74. The molecular weight excluding hydrogens is 548 g/mol. The van der Waals surface area contributed by atoms with E-state index in [1.165, 1.54) is 0 Å². The molecule has 2 bridgehead atoms. The highest BCUT2D eigenvalue weighted by Crippen LogP contribution is 2.43. The van der Waals surface area contributed by atoms with Crippen LogP contribution in [-0.4, -0.2) is 51.1 Å². The number of benzene rings is 3. The third-order valence-electron chi connectivity index (χ3n) is 7.47. The summed E-state index contributed by atoms with van der Waals surface area (Å²) in [5.74, 6) is -0.102. The maximum atomic E-state index is 13.7. The molecule has 2 heterocycles. The molecular formula is C35H40O8. The molecule has 3 aromatic rings. The van der Waals surface area contributed by atoms with E-state index in [1.54, 1.807) is 14.2 Å². The Balaban J connectivity index is 1.57. The van der Waals surface area contributed by atoms with Gasteiger partial charge in [-0.05, 0) is 74.2 Å². The molecule has 0 spiro atoms. The van der Waals surface area contributed by atoms with Crippen molar-refractivity contribution < 1.29 is 38.0 Å². The standard InChI is InChI=1S/C35H40O8/c1-22-17-28-25-10-8-11-26(19-25)32-33(43-35(3,4)42-32)29(39-20-24-13-15-27(38-6)16-14-24)12-7-9-23(2)41-34(36)31(28)30(18-22)40-21-37-5/h7-8,10-19,23,29,32-33H,9,20-21H2,1-6H3/b12-7-/t23-,29?,32+,33+/m0/s1. The Hall–Kier alpha value is -3.69. The second-order valence-electron chi connectivity index (χ2n) is 11.4. The van der Waals surface area contributed by atoms with Gasteiger partial charge in [-0.1, -0.05) is 48.6 Å². The Kier molecular flexibility index (Phi) is 9.52. The maximum Gasteiger partial charge on any atom is 0.342 e. The molecule has 8 nitrogen and oxygen atoms in total. The summed E-state index contributed by atoms with van der Waals surface area (Å²) in [7, 11) is 3.19. The molecule has 0 aliphatic carbocycles. The molecule has 5 rings (SSSR count). The van der Waals surface area contributed by atoms with Crippen molar-refractivity contribution in [2.75, 3.05) is 21.0 Å². The molecule has 0 amide bonds. The normalized spacial score (nSPS) is 23.8. The number of hydrogen-bond donors (Lipinski definition) is 0. The highest BCUT2D eigenvalue weighted by molar-refractivity contribution is 6.00. The van der Waals surface area contributed by atoms with Gasteiger partial charge in [-0.25, -0.2) is 4.79 Å². The summed E-state index contributed by atoms with van der Waals surface area (Å²) in [6.45, 7) is 8.03. The summed E-state index contributed by atoms with van der Waals surface area (Å²) in [6, 6.07) is 19.6. The van der Waals surface area contributed by atoms with Gasteiger partial charge in [0.15, 0.2) is 12.6 Å². The minimum Gasteiger partial charge on any atom is -0.497 e. The van der Waals surface area contributed by atoms with Crippen molar-refractivity contribution >= 4 is 5.97 Å². The van der Waals surface area contributed by atoms with Crippen molar-refractivity contribution in [2.45, 2.75) is 70.9 Å². The van der Waals surface area contributed by atoms with E-state index < -0.39 is 36.2 Å². The SMILES string of the molecule is COCOc1cc(C)cc2c1C(=O)O[C@@H](C)C/C=C\C(OCc1ccc(OC)cc1)[C@H]1OC(C)(C)O[C@@H]1c1cccc-2c1. The van der Waals surface area contributed by atoms with E-state index in [0.717, 1.165) is 28.0 Å². The summed E-state index contributed by atoms with van der Waals surface area (Å²) in [4.78, 5) is 13.7. The lowest BCUT2D eigenvalue weighted by Gasteiger charge is -2.26. The number of rotatable bonds is 7. The van der Waals surface area contributed by atoms with Gasteiger partial charge in [0.1, 0.15) is 41.5 Å². The van der Waals surface area contributed by atoms with E-state index in [9.17, 15) is 4.79 Å². The lowest BCUT2D eigenvalue weighted by atomic mass is 9.92. The van der Waals surface area contributed by atoms with E-state index in [1.807, 2.05) is 101 Å². The Bertz CT molecular complexity index is 1440. The second-order valence-corrected chi connectivity index (χ2v) is 11.4. The molecule has 228 valence electrons. The van der Waals surface area contributed by atoms with Gasteiger partial charge in [-0.15, -0.1) is 0 Å². The summed E-state index contributed by atoms with van der Waals surface area (Å²) >= 11 is 0. The largest absolute Gasteiger partial charge is 0.497 e. The van der Waals surface area contributed by atoms with Gasteiger partial charge in [0.2, 0.25) is 0 Å². The van der Waals surface area contributed by atoms with Crippen LogP contribution >= 0.6 is 0 Å². The molecule has 1 saturated heterocycles. The van der Waals surface area contributed by atoms with Gasteiger partial charge in [0.05, 0.1) is 13.7 Å². The van der Waals surface area contributed by atoms with Crippen molar-refractivity contribution in [3.63, 3.8) is 0 Å². The van der Waals surface area contributed by atoms with Crippen molar-refractivity contribution in [1.82, 2.24) is 0 Å². The molecule has 1 fully saturated rings. The van der Waals surface area contributed by atoms with Crippen molar-refractivity contribution in [3.05, 3.63) is 95.1 Å². The lowest BCUT2D eigenvalue weighted by Crippen LogP contribution is -2.33. The molecule has 8 heteroatoms. The van der Waals surface area contributed by atoms with E-state index in [-0.39, 0.29) is 6.79 Å². The molecule has 4 atom stereocenters. The van der Waals surface area contributed by atoms with Gasteiger partial charge in [-0.3, -0.25) is 0 Å². The number of ether oxygens (including phenoxy) is 7. The van der Waals surface area contributed by atoms with E-state index in [2.05, 4.69) is 0 Å². The molecule has 0 N–H and O–H groups in total. The van der Waals surface area contributed by atoms with Crippen molar-refractivity contribution in [3.8, 4) is 22.6 Å². The van der Waals surface area contributed by atoms with Crippen molar-refractivity contribution in [1.29, 1.82) is 0 Å². The Morgan fingerprint density at radius 1 is 1.00 bits per heavy atom. The third-order valence-corrected chi connectivity index (χ3v) is 7.47. The molecule has 2 aliphatic heterocycles. The fraction of sp³-hybridized carbons (Fsp3) is 0.400. The molecule has 0 saturated carbocycles. The highest BCUT2D eigenvalue weighted by Gasteiger charge is 2.46. The lowest BCUT2D eigenvalue weighted by molar-refractivity contribution is -0.156. The number of hydrogen-bond acceptors (Lipinski definition) is 8. The zero-order valence-corrected chi connectivity index (χ0v) is 25.6. The van der Waals surface area contributed by atoms with Crippen LogP contribution in [0.1, 0.15) is 60.3 Å². The molecule has 0 radical (unpaired) electrons. The first kappa shape index (κ1) is 30.8. The predicted molar refractivity (Wildman–Crippen MR) is 162 cm³/mol. The zero-order chi connectivity index (χ0) is 30.6. The van der Waals surface area contributed by atoms with Gasteiger partial charge in [0.25, 0.3) is 0 Å². The number of esters is 1. The Morgan fingerprint density at radius 3 is 2.53 bits per heavy atom. The number of carbonyl (C=O) groups is 1. The molecule has 2 aliphatic rings. The van der Waals surface area contributed by atoms with Crippen LogP contribution in [0.2, 0.25) is 0 Å². The van der Waals surface area contributed by atoms with Crippen LogP contribution in [0.25, 0.3) is 11.1 Å². The van der Waals surface area contributed by atoms with Crippen molar-refractivity contribution in [2.24, 2.45) is 0 Å². The first-order valence-electron chi connectivity index (χ1n) is 14.5. The average molecular weight is 589 g/mol. The van der Waals surface area contributed by atoms with Crippen LogP contribution in [0.3, 0.4) is 0 Å². The van der Waals surface area contributed by atoms with Gasteiger partial charge in [0, 0.05) is 19.1 Å². The molecule has 43 heavy (non-hydrogen) atoms. The Labute approximate surface area is 253 Å². The van der Waals surface area contributed by atoms with Crippen LogP contribution in [0.5, 0.6) is 11.5 Å². The van der Waals surface area contributed by atoms with Gasteiger partial charge < -0.3 is 33.2 Å². The highest BCUT2D eigenvalue weighted by atomic mass is 16.8. The van der Waals surface area contributed by atoms with Gasteiger partial charge in [-0.2, -0.15) is 0 Å². The number of aryl methyl sites for hydroxylation is 1. The predicted octanol–water partition coefficient (Wildman–Crippen LogP) is 6.94. The Morgan fingerprint density at radius 2 is 1.79 bits per heavy atom. The van der Waals surface area contributed by atoms with Crippen LogP contribution in [0.15, 0.2) is 72.8 Å². The zero-order valence-electron chi connectivity index (χ0n) is 25.6. The monoisotopic (exact) mass is 588 g/mol. The smallest absolute Gasteiger partial charge is 0.342 e. The van der Waals surface area contributed by atoms with E-state index in [4.69, 9.17) is 33.2 Å². The number of carbonyl (C=O) groups excluding carboxylic acids is 1. The maximum absolute atomic E-state index is 13.7. The minimum absolute atomic E-state index is 0.00341. The van der Waals surface area contributed by atoms with Crippen LogP contribution < -0.4 is 9.47 Å².